The average molecular weight is 473 g/mol. The van der Waals surface area contributed by atoms with Gasteiger partial charge >= 0.3 is 0 Å². The highest BCUT2D eigenvalue weighted by atomic mass is 19.1. The third-order valence-corrected chi connectivity index (χ3v) is 7.29. The lowest BCUT2D eigenvalue weighted by Gasteiger charge is -2.35. The van der Waals surface area contributed by atoms with Crippen LogP contribution >= 0.6 is 0 Å². The number of halogens is 1. The van der Waals surface area contributed by atoms with Crippen LogP contribution in [0.2, 0.25) is 0 Å². The fourth-order valence-electron chi connectivity index (χ4n) is 5.04. The Morgan fingerprint density at radius 3 is 2.43 bits per heavy atom. The lowest BCUT2D eigenvalue weighted by atomic mass is 9.71. The Morgan fingerprint density at radius 2 is 1.77 bits per heavy atom. The van der Waals surface area contributed by atoms with Crippen LogP contribution in [-0.2, 0) is 11.2 Å². The van der Waals surface area contributed by atoms with Gasteiger partial charge in [-0.25, -0.2) is 4.39 Å². The predicted octanol–water partition coefficient (Wildman–Crippen LogP) is 5.76. The van der Waals surface area contributed by atoms with Crippen LogP contribution in [0.5, 0.6) is 0 Å². The Morgan fingerprint density at radius 1 is 1.09 bits per heavy atom. The summed E-state index contributed by atoms with van der Waals surface area (Å²) in [4.78, 5) is 13.5. The van der Waals surface area contributed by atoms with Crippen molar-refractivity contribution < 1.29 is 14.5 Å². The summed E-state index contributed by atoms with van der Waals surface area (Å²) < 4.78 is 13.3. The predicted molar refractivity (Wildman–Crippen MR) is 139 cm³/mol. The number of carbonyl (C=O) groups excluding carboxylic acids is 1. The van der Waals surface area contributed by atoms with Gasteiger partial charge in [-0.15, -0.1) is 0 Å². The summed E-state index contributed by atoms with van der Waals surface area (Å²) in [6, 6.07) is 23.0. The van der Waals surface area contributed by atoms with Gasteiger partial charge in [0.1, 0.15) is 17.2 Å². The molecule has 1 atom stereocenters. The molecule has 1 aliphatic carbocycles. The van der Waals surface area contributed by atoms with E-state index in [1.54, 1.807) is 12.1 Å². The Labute approximate surface area is 207 Å². The van der Waals surface area contributed by atoms with E-state index < -0.39 is 5.41 Å². The number of amides is 1. The largest absolute Gasteiger partial charge is 0.353 e. The van der Waals surface area contributed by atoms with Crippen LogP contribution in [0.15, 0.2) is 72.8 Å². The van der Waals surface area contributed by atoms with Crippen molar-refractivity contribution in [1.82, 2.24) is 5.32 Å². The number of nitrogens with two attached hydrogens (primary N) is 1. The zero-order chi connectivity index (χ0) is 24.8. The van der Waals surface area contributed by atoms with E-state index in [1.807, 2.05) is 49.5 Å². The maximum absolute atomic E-state index is 13.5. The molecule has 5 heteroatoms. The lowest BCUT2D eigenvalue weighted by Crippen LogP contribution is -2.71. The first kappa shape index (κ1) is 24.8. The molecule has 0 bridgehead atoms. The molecule has 4 rings (SSSR count). The molecule has 1 fully saturated rings. The minimum Gasteiger partial charge on any atom is -0.353 e. The first-order valence-corrected chi connectivity index (χ1v) is 12.5. The number of benzene rings is 3. The number of hydrogen-bond acceptors (Lipinski definition) is 2. The molecule has 1 aliphatic rings. The molecule has 4 N–H and O–H groups in total. The highest BCUT2D eigenvalue weighted by Crippen LogP contribution is 2.40. The summed E-state index contributed by atoms with van der Waals surface area (Å²) in [6.07, 6.45) is 6.53. The molecule has 0 radical (unpaired) electrons. The first-order chi connectivity index (χ1) is 16.9. The van der Waals surface area contributed by atoms with Gasteiger partial charge in [-0.05, 0) is 48.6 Å². The van der Waals surface area contributed by atoms with E-state index >= 15 is 0 Å². The highest BCUT2D eigenvalue weighted by Gasteiger charge is 2.39. The molecule has 0 aliphatic heterocycles. The van der Waals surface area contributed by atoms with Gasteiger partial charge in [0.25, 0.3) is 0 Å². The van der Waals surface area contributed by atoms with E-state index in [0.717, 1.165) is 41.8 Å². The quantitative estimate of drug-likeness (QED) is 0.269. The van der Waals surface area contributed by atoms with E-state index in [-0.39, 0.29) is 23.7 Å². The van der Waals surface area contributed by atoms with Crippen molar-refractivity contribution in [2.24, 2.45) is 5.41 Å². The summed E-state index contributed by atoms with van der Waals surface area (Å²) in [5.74, 6) is -0.250. The molecule has 4 nitrogen and oxygen atoms in total. The van der Waals surface area contributed by atoms with Crippen molar-refractivity contribution in [1.29, 1.82) is 5.41 Å². The van der Waals surface area contributed by atoms with Crippen molar-refractivity contribution in [3.05, 3.63) is 95.3 Å². The maximum Gasteiger partial charge on any atom is 0.226 e. The Kier molecular flexibility index (Phi) is 7.76. The second-order valence-corrected chi connectivity index (χ2v) is 10.1. The first-order valence-electron chi connectivity index (χ1n) is 12.5. The molecule has 1 amide bonds. The average Bonchev–Trinajstić information content (AvgIpc) is 3.38. The van der Waals surface area contributed by atoms with E-state index in [2.05, 4.69) is 23.5 Å². The highest BCUT2D eigenvalue weighted by molar-refractivity contribution is 5.85. The van der Waals surface area contributed by atoms with Crippen molar-refractivity contribution >= 4 is 23.5 Å². The van der Waals surface area contributed by atoms with E-state index in [4.69, 9.17) is 5.41 Å². The van der Waals surface area contributed by atoms with Crippen molar-refractivity contribution in [2.45, 2.75) is 57.9 Å². The van der Waals surface area contributed by atoms with Gasteiger partial charge in [-0.2, -0.15) is 0 Å². The summed E-state index contributed by atoms with van der Waals surface area (Å²) >= 11 is 0. The number of nitrogens with one attached hydrogen (secondary N) is 2. The third-order valence-electron chi connectivity index (χ3n) is 7.29. The summed E-state index contributed by atoms with van der Waals surface area (Å²) in [7, 11) is 0. The van der Waals surface area contributed by atoms with E-state index in [1.165, 1.54) is 36.8 Å². The standard InChI is InChI=1S/C30H34FN3O/c1-30(2,29(35)34-25-10-6-7-11-25)27(18-21-8-4-3-5-9-21)22-12-17-28(23(19-22)20-32)33-26-15-13-24(31)14-16-26/h3-5,8-9,12-17,19-20,25,27,32-33H,6-7,10-11,18H2,1-2H3,(H,34,35)/p+1. The SMILES string of the molecule is CC(C)(C(=O)NC1CCCC1)C(Cc1ccccc1)c1ccc([NH2+]c2ccc(F)cc2)c(C=N)c1. The van der Waals surface area contributed by atoms with Gasteiger partial charge in [0.2, 0.25) is 5.91 Å². The van der Waals surface area contributed by atoms with Crippen molar-refractivity contribution in [3.63, 3.8) is 0 Å². The van der Waals surface area contributed by atoms with Gasteiger partial charge in [0, 0.05) is 36.4 Å². The van der Waals surface area contributed by atoms with Gasteiger partial charge in [-0.3, -0.25) is 10.1 Å². The monoisotopic (exact) mass is 472 g/mol. The Hall–Kier alpha value is -3.31. The Balaban J connectivity index is 1.65. The molecule has 3 aromatic rings. The third kappa shape index (κ3) is 6.04. The zero-order valence-electron chi connectivity index (χ0n) is 20.6. The second-order valence-electron chi connectivity index (χ2n) is 10.1. The molecule has 3 aromatic carbocycles. The number of carbonyl (C=O) groups is 1. The zero-order valence-corrected chi connectivity index (χ0v) is 20.6. The second kappa shape index (κ2) is 11.0. The minimum absolute atomic E-state index is 0.0649. The van der Waals surface area contributed by atoms with Crippen molar-refractivity contribution in [2.75, 3.05) is 0 Å². The van der Waals surface area contributed by atoms with Gasteiger partial charge < -0.3 is 10.7 Å². The normalized spacial score (nSPS) is 15.1. The van der Waals surface area contributed by atoms with Gasteiger partial charge in [0.15, 0.2) is 0 Å². The molecule has 0 aromatic heterocycles. The van der Waals surface area contributed by atoms with Crippen LogP contribution in [0.1, 0.15) is 62.1 Å². The topological polar surface area (TPSA) is 69.6 Å². The Bertz CT molecular complexity index is 1150. The number of hydrogen-bond donors (Lipinski definition) is 3. The molecule has 0 saturated heterocycles. The molecule has 1 saturated carbocycles. The molecule has 182 valence electrons. The van der Waals surface area contributed by atoms with Crippen LogP contribution in [0.4, 0.5) is 15.8 Å². The van der Waals surface area contributed by atoms with Crippen molar-refractivity contribution in [3.8, 4) is 0 Å². The summed E-state index contributed by atoms with van der Waals surface area (Å²) in [6.45, 7) is 4.07. The van der Waals surface area contributed by atoms with Crippen LogP contribution in [0.25, 0.3) is 0 Å². The van der Waals surface area contributed by atoms with Gasteiger partial charge in [0.05, 0.1) is 11.0 Å². The molecule has 1 unspecified atom stereocenters. The fraction of sp³-hybridized carbons (Fsp3) is 0.333. The molecule has 0 heterocycles. The van der Waals surface area contributed by atoms with Crippen LogP contribution in [0, 0.1) is 16.6 Å². The van der Waals surface area contributed by atoms with Crippen LogP contribution in [0.3, 0.4) is 0 Å². The number of rotatable bonds is 9. The maximum atomic E-state index is 13.5. The summed E-state index contributed by atoms with van der Waals surface area (Å²) in [5.41, 5.74) is 4.12. The lowest BCUT2D eigenvalue weighted by molar-refractivity contribution is -0.478. The molecular formula is C30H35FN3O+. The minimum atomic E-state index is -0.639. The number of quaternary nitrogens is 1. The molecule has 0 spiro atoms. The molecule has 35 heavy (non-hydrogen) atoms. The van der Waals surface area contributed by atoms with Gasteiger partial charge in [-0.1, -0.05) is 63.1 Å². The van der Waals surface area contributed by atoms with E-state index in [0.29, 0.717) is 0 Å². The van der Waals surface area contributed by atoms with E-state index in [9.17, 15) is 9.18 Å². The summed E-state index contributed by atoms with van der Waals surface area (Å²) in [5, 5.41) is 13.3. The van der Waals surface area contributed by atoms with Crippen LogP contribution in [-0.4, -0.2) is 18.2 Å². The smallest absolute Gasteiger partial charge is 0.226 e. The molecular weight excluding hydrogens is 437 g/mol. The van der Waals surface area contributed by atoms with Crippen LogP contribution < -0.4 is 10.6 Å². The fourth-order valence-corrected chi connectivity index (χ4v) is 5.04.